The quantitative estimate of drug-likeness (QED) is 0.268. The third kappa shape index (κ3) is 7.01. The molecule has 10 heteroatoms. The zero-order valence-electron chi connectivity index (χ0n) is 17.3. The highest BCUT2D eigenvalue weighted by atomic mass is 32.3. The van der Waals surface area contributed by atoms with Crippen molar-refractivity contribution < 1.29 is 23.9 Å². The Hall–Kier alpha value is -2.33. The minimum atomic E-state index is -0.675. The van der Waals surface area contributed by atoms with Crippen LogP contribution in [0.1, 0.15) is 13.8 Å². The molecule has 2 rings (SSSR count). The molecule has 0 N–H and O–H groups in total. The smallest absolute Gasteiger partial charge is 0.344 e. The van der Waals surface area contributed by atoms with Crippen molar-refractivity contribution in [2.75, 3.05) is 44.8 Å². The van der Waals surface area contributed by atoms with Gasteiger partial charge in [-0.05, 0) is 24.8 Å². The van der Waals surface area contributed by atoms with Gasteiger partial charge in [0.1, 0.15) is 6.73 Å². The van der Waals surface area contributed by atoms with Crippen LogP contribution in [0.3, 0.4) is 0 Å². The lowest BCUT2D eigenvalue weighted by atomic mass is 10.3. The normalized spacial score (nSPS) is 11.5. The Morgan fingerprint density at radius 3 is 2.54 bits per heavy atom. The first-order valence-corrected chi connectivity index (χ1v) is 11.8. The standard InChI is InChI=1S/C16H23N3O6S.C2H6/c1-23-15(20)10-25-16-17-13-9-12(19(21)22)5-6-14(13)18(16)11-24-7-8-26(2,3)4;1-2/h5-6,9H,7-8,10-11H2,1-4H3;1-2H3. The van der Waals surface area contributed by atoms with Crippen molar-refractivity contribution >= 4 is 32.7 Å². The van der Waals surface area contributed by atoms with Gasteiger partial charge in [0.2, 0.25) is 0 Å². The van der Waals surface area contributed by atoms with Gasteiger partial charge < -0.3 is 14.2 Å². The first-order chi connectivity index (χ1) is 13.2. The number of ether oxygens (including phenoxy) is 3. The van der Waals surface area contributed by atoms with E-state index in [1.165, 1.54) is 19.2 Å². The fraction of sp³-hybridized carbons (Fsp3) is 0.556. The Morgan fingerprint density at radius 2 is 1.96 bits per heavy atom. The number of rotatable bonds is 9. The summed E-state index contributed by atoms with van der Waals surface area (Å²) in [6, 6.07) is 4.48. The number of methoxy groups -OCH3 is 1. The number of hydrogen-bond acceptors (Lipinski definition) is 7. The molecule has 9 nitrogen and oxygen atoms in total. The first-order valence-electron chi connectivity index (χ1n) is 8.79. The number of non-ortho nitro benzene ring substituents is 1. The van der Waals surface area contributed by atoms with Crippen LogP contribution in [0.5, 0.6) is 6.01 Å². The number of benzene rings is 1. The molecule has 0 aliphatic rings. The van der Waals surface area contributed by atoms with E-state index in [1.807, 2.05) is 13.8 Å². The Labute approximate surface area is 166 Å². The second-order valence-corrected chi connectivity index (χ2v) is 11.0. The molecule has 0 bridgehead atoms. The summed E-state index contributed by atoms with van der Waals surface area (Å²) in [6.45, 7) is 4.43. The fourth-order valence-corrected chi connectivity index (χ4v) is 2.71. The van der Waals surface area contributed by atoms with Crippen molar-refractivity contribution in [3.8, 4) is 6.01 Å². The van der Waals surface area contributed by atoms with Crippen LogP contribution in [0.15, 0.2) is 18.2 Å². The van der Waals surface area contributed by atoms with E-state index in [0.29, 0.717) is 17.6 Å². The maximum atomic E-state index is 11.3. The first kappa shape index (κ1) is 23.7. The summed E-state index contributed by atoms with van der Waals surface area (Å²) in [6.07, 6.45) is 6.60. The Morgan fingerprint density at radius 1 is 1.29 bits per heavy atom. The van der Waals surface area contributed by atoms with Gasteiger partial charge in [0.05, 0.1) is 29.7 Å². The van der Waals surface area contributed by atoms with Gasteiger partial charge in [0.15, 0.2) is 6.61 Å². The fourth-order valence-electron chi connectivity index (χ4n) is 2.09. The van der Waals surface area contributed by atoms with E-state index in [4.69, 9.17) is 9.47 Å². The van der Waals surface area contributed by atoms with Crippen LogP contribution >= 0.6 is 10.0 Å². The largest absolute Gasteiger partial charge is 0.466 e. The summed E-state index contributed by atoms with van der Waals surface area (Å²) < 4.78 is 17.3. The summed E-state index contributed by atoms with van der Waals surface area (Å²) in [7, 11) is 0.585. The van der Waals surface area contributed by atoms with Gasteiger partial charge in [-0.1, -0.05) is 13.8 Å². The molecule has 2 aromatic rings. The van der Waals surface area contributed by atoms with Crippen molar-refractivity contribution in [3.05, 3.63) is 28.3 Å². The average molecular weight is 416 g/mol. The predicted molar refractivity (Wildman–Crippen MR) is 111 cm³/mol. The van der Waals surface area contributed by atoms with Gasteiger partial charge in [0, 0.05) is 17.9 Å². The molecule has 0 aliphatic carbocycles. The molecule has 0 saturated carbocycles. The molecule has 158 valence electrons. The lowest BCUT2D eigenvalue weighted by Gasteiger charge is -2.24. The molecule has 1 heterocycles. The van der Waals surface area contributed by atoms with E-state index in [0.717, 1.165) is 5.75 Å². The molecule has 0 unspecified atom stereocenters. The highest BCUT2D eigenvalue weighted by molar-refractivity contribution is 8.32. The number of aromatic nitrogens is 2. The third-order valence-corrected chi connectivity index (χ3v) is 4.91. The number of nitro groups is 1. The third-order valence-electron chi connectivity index (χ3n) is 3.51. The van der Waals surface area contributed by atoms with E-state index >= 15 is 0 Å². The number of hydrogen-bond donors (Lipinski definition) is 0. The Bertz CT molecular complexity index is 800. The lowest BCUT2D eigenvalue weighted by molar-refractivity contribution is -0.384. The number of nitrogens with zero attached hydrogens (tertiary/aromatic N) is 3. The molecule has 0 fully saturated rings. The summed E-state index contributed by atoms with van der Waals surface area (Å²) >= 11 is 0. The van der Waals surface area contributed by atoms with E-state index < -0.39 is 20.9 Å². The minimum Gasteiger partial charge on any atom is -0.466 e. The monoisotopic (exact) mass is 415 g/mol. The summed E-state index contributed by atoms with van der Waals surface area (Å²) in [5.41, 5.74) is 0.946. The van der Waals surface area contributed by atoms with Crippen LogP contribution in [0.4, 0.5) is 5.69 Å². The van der Waals surface area contributed by atoms with Gasteiger partial charge in [-0.25, -0.2) is 14.8 Å². The SMILES string of the molecule is CC.COC(=O)COc1nc2cc([N+](=O)[O-])ccc2n1COCCS(C)(C)C. The van der Waals surface area contributed by atoms with Crippen LogP contribution in [0.25, 0.3) is 11.0 Å². The highest BCUT2D eigenvalue weighted by Crippen LogP contribution is 2.33. The van der Waals surface area contributed by atoms with Crippen molar-refractivity contribution in [3.63, 3.8) is 0 Å². The predicted octanol–water partition coefficient (Wildman–Crippen LogP) is 3.19. The zero-order valence-corrected chi connectivity index (χ0v) is 18.1. The minimum absolute atomic E-state index is 0.0704. The molecule has 28 heavy (non-hydrogen) atoms. The summed E-state index contributed by atoms with van der Waals surface area (Å²) in [4.78, 5) is 26.0. The van der Waals surface area contributed by atoms with Gasteiger partial charge in [0.25, 0.3) is 11.7 Å². The highest BCUT2D eigenvalue weighted by Gasteiger charge is 2.17. The number of carbonyl (C=O) groups is 1. The van der Waals surface area contributed by atoms with Gasteiger partial charge in [-0.2, -0.15) is 4.98 Å². The van der Waals surface area contributed by atoms with Crippen LogP contribution in [0, 0.1) is 10.1 Å². The molecule has 0 saturated heterocycles. The number of carbonyl (C=O) groups excluding carboxylic acids is 1. The molecule has 0 spiro atoms. The molecule has 0 aliphatic heterocycles. The van der Waals surface area contributed by atoms with Gasteiger partial charge >= 0.3 is 5.97 Å². The van der Waals surface area contributed by atoms with Gasteiger partial charge in [-0.3, -0.25) is 14.7 Å². The molecule has 1 aromatic carbocycles. The molecule has 0 amide bonds. The van der Waals surface area contributed by atoms with E-state index in [-0.39, 0.29) is 25.0 Å². The van der Waals surface area contributed by atoms with E-state index in [9.17, 15) is 14.9 Å². The van der Waals surface area contributed by atoms with E-state index in [1.54, 1.807) is 10.6 Å². The topological polar surface area (TPSA) is 106 Å². The summed E-state index contributed by atoms with van der Waals surface area (Å²) in [5, 5.41) is 11.0. The van der Waals surface area contributed by atoms with Crippen LogP contribution < -0.4 is 4.74 Å². The van der Waals surface area contributed by atoms with Crippen molar-refractivity contribution in [1.82, 2.24) is 9.55 Å². The molecule has 1 aromatic heterocycles. The number of nitro benzene ring substituents is 1. The van der Waals surface area contributed by atoms with Crippen molar-refractivity contribution in [2.45, 2.75) is 20.6 Å². The van der Waals surface area contributed by atoms with Crippen molar-refractivity contribution in [2.24, 2.45) is 0 Å². The maximum absolute atomic E-state index is 11.3. The van der Waals surface area contributed by atoms with Crippen LogP contribution in [-0.2, 0) is 21.0 Å². The van der Waals surface area contributed by atoms with Crippen LogP contribution in [-0.4, -0.2) is 65.3 Å². The summed E-state index contributed by atoms with van der Waals surface area (Å²) in [5.74, 6) is 0.399. The van der Waals surface area contributed by atoms with E-state index in [2.05, 4.69) is 28.5 Å². The average Bonchev–Trinajstić information content (AvgIpc) is 3.00. The molecule has 0 radical (unpaired) electrons. The van der Waals surface area contributed by atoms with Gasteiger partial charge in [-0.15, -0.1) is 0 Å². The Balaban J connectivity index is 0.00000190. The number of fused-ring (bicyclic) bond motifs is 1. The molecular formula is C18H29N3O6S. The maximum Gasteiger partial charge on any atom is 0.344 e. The zero-order chi connectivity index (χ0) is 21.3. The van der Waals surface area contributed by atoms with Crippen LogP contribution in [0.2, 0.25) is 0 Å². The lowest BCUT2D eigenvalue weighted by Crippen LogP contribution is -2.16. The second-order valence-electron chi connectivity index (χ2n) is 6.45. The number of esters is 1. The molecular weight excluding hydrogens is 386 g/mol. The second kappa shape index (κ2) is 10.9. The number of imidazole rings is 1. The van der Waals surface area contributed by atoms with Crippen molar-refractivity contribution in [1.29, 1.82) is 0 Å². The molecule has 0 atom stereocenters. The Kier molecular flexibility index (Phi) is 9.20.